The monoisotopic (exact) mass is 237 g/mol. The summed E-state index contributed by atoms with van der Waals surface area (Å²) in [5.41, 5.74) is 1.51. The van der Waals surface area contributed by atoms with Gasteiger partial charge in [-0.1, -0.05) is 0 Å². The zero-order valence-electron chi connectivity index (χ0n) is 10.6. The highest BCUT2D eigenvalue weighted by molar-refractivity contribution is 5.84. The lowest BCUT2D eigenvalue weighted by Crippen LogP contribution is -2.24. The molecule has 2 rings (SSSR count). The molecule has 0 aromatic carbocycles. The van der Waals surface area contributed by atoms with E-state index in [-0.39, 0.29) is 0 Å². The Kier molecular flexibility index (Phi) is 3.47. The second kappa shape index (κ2) is 4.87. The lowest BCUT2D eigenvalue weighted by molar-refractivity contribution is 0.112. The van der Waals surface area contributed by atoms with E-state index >= 15 is 0 Å². The lowest BCUT2D eigenvalue weighted by Gasteiger charge is -2.19. The number of anilines is 1. The molecule has 94 valence electrons. The van der Waals surface area contributed by atoms with Gasteiger partial charge in [0.15, 0.2) is 6.29 Å². The van der Waals surface area contributed by atoms with Gasteiger partial charge in [-0.25, -0.2) is 0 Å². The molecule has 1 aliphatic rings. The van der Waals surface area contributed by atoms with Gasteiger partial charge in [0, 0.05) is 33.2 Å². The topological polar surface area (TPSA) is 47.4 Å². The number of ether oxygens (including phenoxy) is 1. The largest absolute Gasteiger partial charge is 0.384 e. The number of hydrogen-bond donors (Lipinski definition) is 0. The van der Waals surface area contributed by atoms with Crippen LogP contribution in [0, 0.1) is 12.8 Å². The quantitative estimate of drug-likeness (QED) is 0.733. The molecule has 1 aromatic heterocycles. The van der Waals surface area contributed by atoms with Crippen LogP contribution in [0.15, 0.2) is 0 Å². The Morgan fingerprint density at radius 1 is 1.59 bits per heavy atom. The average molecular weight is 237 g/mol. The second-order valence-corrected chi connectivity index (χ2v) is 4.62. The Labute approximate surface area is 101 Å². The van der Waals surface area contributed by atoms with Gasteiger partial charge in [0.2, 0.25) is 0 Å². The zero-order chi connectivity index (χ0) is 12.4. The first-order valence-corrected chi connectivity index (χ1v) is 5.90. The SMILES string of the molecule is COCC1CCN(c2c(C=O)c(C)nn2C)C1. The maximum atomic E-state index is 11.1. The van der Waals surface area contributed by atoms with E-state index < -0.39 is 0 Å². The summed E-state index contributed by atoms with van der Waals surface area (Å²) in [7, 11) is 3.62. The van der Waals surface area contributed by atoms with E-state index in [1.54, 1.807) is 11.8 Å². The van der Waals surface area contributed by atoms with E-state index in [9.17, 15) is 4.79 Å². The number of rotatable bonds is 4. The van der Waals surface area contributed by atoms with Gasteiger partial charge in [-0.2, -0.15) is 5.10 Å². The summed E-state index contributed by atoms with van der Waals surface area (Å²) in [5, 5.41) is 4.31. The van der Waals surface area contributed by atoms with Gasteiger partial charge in [-0.15, -0.1) is 0 Å². The highest BCUT2D eigenvalue weighted by Gasteiger charge is 2.27. The van der Waals surface area contributed by atoms with Crippen molar-refractivity contribution in [2.45, 2.75) is 13.3 Å². The first-order chi connectivity index (χ1) is 8.17. The molecule has 1 unspecified atom stereocenters. The minimum absolute atomic E-state index is 0.551. The van der Waals surface area contributed by atoms with E-state index in [0.717, 1.165) is 43.9 Å². The third-order valence-corrected chi connectivity index (χ3v) is 3.34. The maximum Gasteiger partial charge on any atom is 0.155 e. The van der Waals surface area contributed by atoms with Crippen LogP contribution in [0.5, 0.6) is 0 Å². The predicted octanol–water partition coefficient (Wildman–Crippen LogP) is 1.01. The molecule has 0 amide bonds. The fraction of sp³-hybridized carbons (Fsp3) is 0.667. The molecule has 5 nitrogen and oxygen atoms in total. The van der Waals surface area contributed by atoms with Crippen molar-refractivity contribution in [1.82, 2.24) is 9.78 Å². The molecule has 1 aliphatic heterocycles. The number of aromatic nitrogens is 2. The molecule has 0 N–H and O–H groups in total. The second-order valence-electron chi connectivity index (χ2n) is 4.62. The third kappa shape index (κ3) is 2.20. The average Bonchev–Trinajstić information content (AvgIpc) is 2.83. The van der Waals surface area contributed by atoms with Crippen molar-refractivity contribution in [3.8, 4) is 0 Å². The summed E-state index contributed by atoms with van der Waals surface area (Å²) in [6, 6.07) is 0. The van der Waals surface area contributed by atoms with Crippen molar-refractivity contribution in [2.75, 3.05) is 31.7 Å². The van der Waals surface area contributed by atoms with Crippen LogP contribution >= 0.6 is 0 Å². The normalized spacial score (nSPS) is 19.9. The van der Waals surface area contributed by atoms with Gasteiger partial charge in [-0.05, 0) is 13.3 Å². The summed E-state index contributed by atoms with van der Waals surface area (Å²) in [5.74, 6) is 1.49. The third-order valence-electron chi connectivity index (χ3n) is 3.34. The van der Waals surface area contributed by atoms with Gasteiger partial charge >= 0.3 is 0 Å². The number of aryl methyl sites for hydroxylation is 2. The van der Waals surface area contributed by atoms with Gasteiger partial charge in [0.05, 0.1) is 17.9 Å². The molecule has 0 saturated carbocycles. The molecule has 2 heterocycles. The number of carbonyl (C=O) groups is 1. The summed E-state index contributed by atoms with van der Waals surface area (Å²) >= 11 is 0. The molecule has 0 bridgehead atoms. The predicted molar refractivity (Wildman–Crippen MR) is 65.5 cm³/mol. The number of hydrogen-bond acceptors (Lipinski definition) is 4. The summed E-state index contributed by atoms with van der Waals surface area (Å²) in [4.78, 5) is 13.4. The number of carbonyl (C=O) groups excluding carboxylic acids is 1. The van der Waals surface area contributed by atoms with Crippen molar-refractivity contribution in [3.63, 3.8) is 0 Å². The smallest absolute Gasteiger partial charge is 0.155 e. The van der Waals surface area contributed by atoms with Gasteiger partial charge in [0.1, 0.15) is 5.82 Å². The van der Waals surface area contributed by atoms with Crippen LogP contribution < -0.4 is 4.90 Å². The maximum absolute atomic E-state index is 11.1. The summed E-state index contributed by atoms with van der Waals surface area (Å²) < 4.78 is 6.98. The van der Waals surface area contributed by atoms with Crippen molar-refractivity contribution >= 4 is 12.1 Å². The fourth-order valence-electron chi connectivity index (χ4n) is 2.57. The molecule has 1 aromatic rings. The van der Waals surface area contributed by atoms with Crippen LogP contribution in [0.1, 0.15) is 22.5 Å². The number of aldehydes is 1. The Morgan fingerprint density at radius 2 is 2.35 bits per heavy atom. The molecule has 1 saturated heterocycles. The van der Waals surface area contributed by atoms with E-state index in [1.165, 1.54) is 0 Å². The minimum atomic E-state index is 0.551. The van der Waals surface area contributed by atoms with Gasteiger partial charge < -0.3 is 9.64 Å². The first kappa shape index (κ1) is 12.1. The number of methoxy groups -OCH3 is 1. The lowest BCUT2D eigenvalue weighted by atomic mass is 10.1. The van der Waals surface area contributed by atoms with Crippen molar-refractivity contribution < 1.29 is 9.53 Å². The molecule has 1 fully saturated rings. The number of nitrogens with zero attached hydrogens (tertiary/aromatic N) is 3. The van der Waals surface area contributed by atoms with Crippen LogP contribution in [0.25, 0.3) is 0 Å². The van der Waals surface area contributed by atoms with Gasteiger partial charge in [-0.3, -0.25) is 9.48 Å². The molecule has 1 atom stereocenters. The fourth-order valence-corrected chi connectivity index (χ4v) is 2.57. The zero-order valence-corrected chi connectivity index (χ0v) is 10.6. The van der Waals surface area contributed by atoms with Crippen molar-refractivity contribution in [3.05, 3.63) is 11.3 Å². The molecular formula is C12H19N3O2. The molecule has 0 radical (unpaired) electrons. The summed E-state index contributed by atoms with van der Waals surface area (Å²) in [6.45, 7) is 4.56. The van der Waals surface area contributed by atoms with Crippen LogP contribution in [-0.4, -0.2) is 42.9 Å². The van der Waals surface area contributed by atoms with Gasteiger partial charge in [0.25, 0.3) is 0 Å². The van der Waals surface area contributed by atoms with E-state index in [1.807, 2.05) is 14.0 Å². The van der Waals surface area contributed by atoms with Crippen LogP contribution in [-0.2, 0) is 11.8 Å². The van der Waals surface area contributed by atoms with E-state index in [0.29, 0.717) is 11.5 Å². The standard InChI is InChI=1S/C12H19N3O2/c1-9-11(7-16)12(14(2)13-9)15-5-4-10(6-15)8-17-3/h7,10H,4-6,8H2,1-3H3. The van der Waals surface area contributed by atoms with Crippen LogP contribution in [0.3, 0.4) is 0 Å². The Bertz CT molecular complexity index is 414. The van der Waals surface area contributed by atoms with Crippen LogP contribution in [0.4, 0.5) is 5.82 Å². The first-order valence-electron chi connectivity index (χ1n) is 5.90. The minimum Gasteiger partial charge on any atom is -0.384 e. The summed E-state index contributed by atoms with van der Waals surface area (Å²) in [6.07, 6.45) is 2.01. The van der Waals surface area contributed by atoms with E-state index in [2.05, 4.69) is 10.00 Å². The Hall–Kier alpha value is -1.36. The Balaban J connectivity index is 2.21. The molecule has 17 heavy (non-hydrogen) atoms. The highest BCUT2D eigenvalue weighted by Crippen LogP contribution is 2.27. The highest BCUT2D eigenvalue weighted by atomic mass is 16.5. The molecule has 5 heteroatoms. The van der Waals surface area contributed by atoms with Crippen molar-refractivity contribution in [2.24, 2.45) is 13.0 Å². The van der Waals surface area contributed by atoms with E-state index in [4.69, 9.17) is 4.74 Å². The molecular weight excluding hydrogens is 218 g/mol. The Morgan fingerprint density at radius 3 is 3.00 bits per heavy atom. The van der Waals surface area contributed by atoms with Crippen LogP contribution in [0.2, 0.25) is 0 Å². The molecule has 0 aliphatic carbocycles. The molecule has 0 spiro atoms. The van der Waals surface area contributed by atoms with Crippen molar-refractivity contribution in [1.29, 1.82) is 0 Å².